The van der Waals surface area contributed by atoms with Gasteiger partial charge in [-0.15, -0.1) is 0 Å². The summed E-state index contributed by atoms with van der Waals surface area (Å²) in [6.07, 6.45) is 3.63. The lowest BCUT2D eigenvalue weighted by molar-refractivity contribution is -0.114. The quantitative estimate of drug-likeness (QED) is 0.377. The van der Waals surface area contributed by atoms with Gasteiger partial charge in [0.05, 0.1) is 13.4 Å². The molecule has 0 heterocycles. The summed E-state index contributed by atoms with van der Waals surface area (Å²) in [7, 11) is 1.51. The molecule has 0 saturated heterocycles. The van der Waals surface area contributed by atoms with Gasteiger partial charge in [-0.05, 0) is 12.3 Å². The number of hydrogen-bond donors (Lipinski definition) is 1. The van der Waals surface area contributed by atoms with Gasteiger partial charge in [0.15, 0.2) is 0 Å². The summed E-state index contributed by atoms with van der Waals surface area (Å²) in [6, 6.07) is 0. The minimum Gasteiger partial charge on any atom is -0.504 e. The lowest BCUT2D eigenvalue weighted by Gasteiger charge is -1.86. The van der Waals surface area contributed by atoms with Gasteiger partial charge < -0.3 is 9.84 Å². The molecule has 0 atom stereocenters. The number of ether oxygens (including phenoxy) is 1. The Morgan fingerprint density at radius 2 is 2.42 bits per heavy atom. The second-order valence-electron chi connectivity index (χ2n) is 2.06. The summed E-state index contributed by atoms with van der Waals surface area (Å²) < 4.78 is 4.57. The zero-order chi connectivity index (χ0) is 9.23. The van der Waals surface area contributed by atoms with Crippen molar-refractivity contribution in [3.8, 4) is 11.8 Å². The second kappa shape index (κ2) is 7.83. The Bertz CT molecular complexity index is 208. The number of hydrogen-bond acceptors (Lipinski definition) is 3. The number of carbonyl (C=O) groups is 1. The van der Waals surface area contributed by atoms with Crippen LogP contribution in [0, 0.1) is 11.8 Å². The summed E-state index contributed by atoms with van der Waals surface area (Å²) in [5, 5.41) is 8.39. The molecular weight excluding hydrogens is 156 g/mol. The standard InChI is InChI=1S/C9H12O3/c1-12-8-3-2-5-9(11)6-4-7-10/h3,8,10H,4,6-7H2,1H3. The van der Waals surface area contributed by atoms with Crippen LogP contribution < -0.4 is 0 Å². The van der Waals surface area contributed by atoms with E-state index >= 15 is 0 Å². The van der Waals surface area contributed by atoms with E-state index < -0.39 is 0 Å². The van der Waals surface area contributed by atoms with Gasteiger partial charge in [0, 0.05) is 19.1 Å². The Labute approximate surface area is 72.0 Å². The van der Waals surface area contributed by atoms with Crippen LogP contribution in [0.5, 0.6) is 0 Å². The normalized spacial score (nSPS) is 9.17. The van der Waals surface area contributed by atoms with Crippen molar-refractivity contribution in [3.63, 3.8) is 0 Å². The van der Waals surface area contributed by atoms with Gasteiger partial charge in [0.2, 0.25) is 5.78 Å². The number of carbonyl (C=O) groups excluding carboxylic acids is 1. The molecule has 0 saturated carbocycles. The Kier molecular flexibility index (Phi) is 7.00. The highest BCUT2D eigenvalue weighted by atomic mass is 16.5. The van der Waals surface area contributed by atoms with Crippen molar-refractivity contribution >= 4 is 5.78 Å². The van der Waals surface area contributed by atoms with Gasteiger partial charge in [0.25, 0.3) is 0 Å². The molecule has 0 radical (unpaired) electrons. The summed E-state index contributed by atoms with van der Waals surface area (Å²) in [4.78, 5) is 10.8. The lowest BCUT2D eigenvalue weighted by atomic mass is 10.2. The predicted molar refractivity (Wildman–Crippen MR) is 45.3 cm³/mol. The number of ketones is 1. The van der Waals surface area contributed by atoms with E-state index in [0.29, 0.717) is 12.8 Å². The average molecular weight is 168 g/mol. The van der Waals surface area contributed by atoms with Crippen molar-refractivity contribution in [3.05, 3.63) is 12.3 Å². The van der Waals surface area contributed by atoms with E-state index in [2.05, 4.69) is 16.6 Å². The zero-order valence-corrected chi connectivity index (χ0v) is 7.04. The van der Waals surface area contributed by atoms with E-state index in [9.17, 15) is 4.79 Å². The number of Topliss-reactive ketones (excluding diaryl/α,β-unsaturated/α-hetero) is 1. The Hall–Kier alpha value is -1.27. The van der Waals surface area contributed by atoms with E-state index in [0.717, 1.165) is 0 Å². The van der Waals surface area contributed by atoms with Crippen LogP contribution in [-0.2, 0) is 9.53 Å². The number of aliphatic hydroxyl groups excluding tert-OH is 1. The molecule has 0 aliphatic carbocycles. The Morgan fingerprint density at radius 1 is 1.67 bits per heavy atom. The van der Waals surface area contributed by atoms with Crippen LogP contribution >= 0.6 is 0 Å². The minimum absolute atomic E-state index is 0.0291. The highest BCUT2D eigenvalue weighted by Gasteiger charge is 1.93. The number of methoxy groups -OCH3 is 1. The van der Waals surface area contributed by atoms with Crippen LogP contribution in [0.3, 0.4) is 0 Å². The third kappa shape index (κ3) is 6.84. The molecule has 3 heteroatoms. The molecule has 0 aliphatic heterocycles. The van der Waals surface area contributed by atoms with Crippen LogP contribution in [0.2, 0.25) is 0 Å². The summed E-state index contributed by atoms with van der Waals surface area (Å²) in [5.41, 5.74) is 0. The third-order valence-electron chi connectivity index (χ3n) is 1.06. The molecule has 0 fully saturated rings. The fourth-order valence-corrected chi connectivity index (χ4v) is 0.526. The first-order chi connectivity index (χ1) is 5.81. The van der Waals surface area contributed by atoms with Crippen LogP contribution in [0.25, 0.3) is 0 Å². The monoisotopic (exact) mass is 168 g/mol. The molecular formula is C9H12O3. The van der Waals surface area contributed by atoms with E-state index in [1.807, 2.05) is 0 Å². The minimum atomic E-state index is -0.162. The first kappa shape index (κ1) is 10.7. The van der Waals surface area contributed by atoms with Crippen molar-refractivity contribution in [1.82, 2.24) is 0 Å². The molecule has 0 aromatic rings. The maximum absolute atomic E-state index is 10.8. The molecule has 0 amide bonds. The van der Waals surface area contributed by atoms with E-state index in [-0.39, 0.29) is 12.4 Å². The predicted octanol–water partition coefficient (Wildman–Crippen LogP) is 0.491. The molecule has 0 spiro atoms. The second-order valence-corrected chi connectivity index (χ2v) is 2.06. The van der Waals surface area contributed by atoms with E-state index in [1.165, 1.54) is 19.4 Å². The molecule has 12 heavy (non-hydrogen) atoms. The fraction of sp³-hybridized carbons (Fsp3) is 0.444. The zero-order valence-electron chi connectivity index (χ0n) is 7.04. The first-order valence-electron chi connectivity index (χ1n) is 3.64. The first-order valence-corrected chi connectivity index (χ1v) is 3.64. The van der Waals surface area contributed by atoms with Gasteiger partial charge in [-0.1, -0.05) is 5.92 Å². The molecule has 0 aromatic heterocycles. The van der Waals surface area contributed by atoms with Crippen LogP contribution in [0.1, 0.15) is 12.8 Å². The van der Waals surface area contributed by atoms with Crippen LogP contribution in [0.4, 0.5) is 0 Å². The average Bonchev–Trinajstić information content (AvgIpc) is 2.09. The smallest absolute Gasteiger partial charge is 0.205 e. The summed E-state index contributed by atoms with van der Waals surface area (Å²) in [6.45, 7) is 0.0291. The molecule has 0 bridgehead atoms. The molecule has 3 nitrogen and oxygen atoms in total. The van der Waals surface area contributed by atoms with Crippen molar-refractivity contribution in [1.29, 1.82) is 0 Å². The maximum atomic E-state index is 10.8. The number of aliphatic hydroxyl groups is 1. The third-order valence-corrected chi connectivity index (χ3v) is 1.06. The summed E-state index contributed by atoms with van der Waals surface area (Å²) in [5.74, 6) is 4.73. The van der Waals surface area contributed by atoms with Gasteiger partial charge in [0.1, 0.15) is 0 Å². The fourth-order valence-electron chi connectivity index (χ4n) is 0.526. The van der Waals surface area contributed by atoms with Gasteiger partial charge in [-0.3, -0.25) is 4.79 Å². The molecule has 1 N–H and O–H groups in total. The van der Waals surface area contributed by atoms with Crippen LogP contribution in [0.15, 0.2) is 12.3 Å². The molecule has 0 aliphatic rings. The SMILES string of the molecule is COC=CC#CC(=O)CCCO. The Morgan fingerprint density at radius 3 is 3.00 bits per heavy atom. The van der Waals surface area contributed by atoms with Gasteiger partial charge in [-0.2, -0.15) is 0 Å². The largest absolute Gasteiger partial charge is 0.504 e. The summed E-state index contributed by atoms with van der Waals surface area (Å²) >= 11 is 0. The number of allylic oxidation sites excluding steroid dienone is 1. The van der Waals surface area contributed by atoms with Gasteiger partial charge >= 0.3 is 0 Å². The molecule has 0 aromatic carbocycles. The van der Waals surface area contributed by atoms with Crippen LogP contribution in [-0.4, -0.2) is 24.6 Å². The maximum Gasteiger partial charge on any atom is 0.205 e. The van der Waals surface area contributed by atoms with Crippen molar-refractivity contribution in [2.24, 2.45) is 0 Å². The molecule has 0 unspecified atom stereocenters. The molecule has 66 valence electrons. The highest BCUT2D eigenvalue weighted by molar-refractivity contribution is 5.95. The van der Waals surface area contributed by atoms with Crippen molar-refractivity contribution in [2.75, 3.05) is 13.7 Å². The van der Waals surface area contributed by atoms with Crippen molar-refractivity contribution < 1.29 is 14.6 Å². The Balaban J connectivity index is 3.64. The number of rotatable bonds is 4. The van der Waals surface area contributed by atoms with E-state index in [4.69, 9.17) is 5.11 Å². The topological polar surface area (TPSA) is 46.5 Å². The van der Waals surface area contributed by atoms with Gasteiger partial charge in [-0.25, -0.2) is 0 Å². The van der Waals surface area contributed by atoms with Crippen molar-refractivity contribution in [2.45, 2.75) is 12.8 Å². The highest BCUT2D eigenvalue weighted by Crippen LogP contribution is 1.87. The van der Waals surface area contributed by atoms with E-state index in [1.54, 1.807) is 0 Å². The lowest BCUT2D eigenvalue weighted by Crippen LogP contribution is -1.94. The molecule has 0 rings (SSSR count).